The van der Waals surface area contributed by atoms with E-state index in [2.05, 4.69) is 15.9 Å². The molecule has 0 radical (unpaired) electrons. The Balaban J connectivity index is 2.36. The first-order valence-electron chi connectivity index (χ1n) is 6.23. The molecule has 0 spiro atoms. The Morgan fingerprint density at radius 1 is 1.16 bits per heavy atom. The minimum absolute atomic E-state index is 0.444. The molecule has 0 fully saturated rings. The molecule has 0 saturated heterocycles. The zero-order valence-corrected chi connectivity index (χ0v) is 13.7. The first kappa shape index (κ1) is 16.8. The van der Waals surface area contributed by atoms with E-state index in [0.29, 0.717) is 32.3 Å². The van der Waals surface area contributed by atoms with Crippen molar-refractivity contribution in [3.05, 3.63) is 27.7 Å². The average molecular weight is 352 g/mol. The fourth-order valence-corrected chi connectivity index (χ4v) is 2.50. The molecule has 3 nitrogen and oxygen atoms in total. The third-order valence-corrected chi connectivity index (χ3v) is 3.32. The van der Waals surface area contributed by atoms with E-state index in [-0.39, 0.29) is 0 Å². The lowest BCUT2D eigenvalue weighted by atomic mass is 10.1. The molecule has 0 unspecified atom stereocenters. The number of ether oxygens (including phenoxy) is 3. The standard InChI is InChI=1S/C14H20BrClO3/c1-11-8-13(15)9-12(10-16)14(11)19-5-3-4-18-7-6-17-2/h8-9H,3-7,10H2,1-2H3. The number of alkyl halides is 1. The van der Waals surface area contributed by atoms with Gasteiger partial charge in [0, 0.05) is 30.2 Å². The molecule has 0 aliphatic heterocycles. The van der Waals surface area contributed by atoms with Crippen molar-refractivity contribution in [2.75, 3.05) is 33.5 Å². The fourth-order valence-electron chi connectivity index (χ4n) is 1.68. The molecule has 0 N–H and O–H groups in total. The van der Waals surface area contributed by atoms with E-state index in [9.17, 15) is 0 Å². The second-order valence-corrected chi connectivity index (χ2v) is 5.33. The van der Waals surface area contributed by atoms with Crippen molar-refractivity contribution in [1.29, 1.82) is 0 Å². The Morgan fingerprint density at radius 3 is 2.63 bits per heavy atom. The SMILES string of the molecule is COCCOCCCOc1c(C)cc(Br)cc1CCl. The molecule has 0 aliphatic carbocycles. The minimum atomic E-state index is 0.444. The normalized spacial score (nSPS) is 10.7. The van der Waals surface area contributed by atoms with Gasteiger partial charge in [-0.3, -0.25) is 0 Å². The summed E-state index contributed by atoms with van der Waals surface area (Å²) in [7, 11) is 1.66. The number of hydrogen-bond donors (Lipinski definition) is 0. The third-order valence-electron chi connectivity index (χ3n) is 2.57. The molecule has 1 rings (SSSR count). The van der Waals surface area contributed by atoms with Crippen molar-refractivity contribution in [2.24, 2.45) is 0 Å². The van der Waals surface area contributed by atoms with Gasteiger partial charge in [0.25, 0.3) is 0 Å². The summed E-state index contributed by atoms with van der Waals surface area (Å²) < 4.78 is 17.1. The highest BCUT2D eigenvalue weighted by molar-refractivity contribution is 9.10. The van der Waals surface area contributed by atoms with Gasteiger partial charge in [0.2, 0.25) is 0 Å². The maximum absolute atomic E-state index is 5.93. The van der Waals surface area contributed by atoms with Gasteiger partial charge in [-0.2, -0.15) is 0 Å². The Hall–Kier alpha value is -0.290. The van der Waals surface area contributed by atoms with Gasteiger partial charge in [-0.15, -0.1) is 11.6 Å². The van der Waals surface area contributed by atoms with Crippen molar-refractivity contribution in [1.82, 2.24) is 0 Å². The molecule has 0 bridgehead atoms. The summed E-state index contributed by atoms with van der Waals surface area (Å²) in [5.41, 5.74) is 2.10. The van der Waals surface area contributed by atoms with Crippen LogP contribution in [-0.4, -0.2) is 33.5 Å². The molecule has 0 heterocycles. The molecule has 0 aliphatic rings. The van der Waals surface area contributed by atoms with Crippen molar-refractivity contribution in [3.63, 3.8) is 0 Å². The van der Waals surface area contributed by atoms with E-state index in [4.69, 9.17) is 25.8 Å². The highest BCUT2D eigenvalue weighted by Gasteiger charge is 2.08. The Morgan fingerprint density at radius 2 is 1.95 bits per heavy atom. The molecule has 1 aromatic carbocycles. The summed E-state index contributed by atoms with van der Waals surface area (Å²) in [5.74, 6) is 1.33. The molecule has 5 heteroatoms. The van der Waals surface area contributed by atoms with Crippen molar-refractivity contribution in [2.45, 2.75) is 19.2 Å². The van der Waals surface area contributed by atoms with Crippen LogP contribution in [0.2, 0.25) is 0 Å². The summed E-state index contributed by atoms with van der Waals surface area (Å²) in [6.07, 6.45) is 0.848. The topological polar surface area (TPSA) is 27.7 Å². The van der Waals surface area contributed by atoms with E-state index in [0.717, 1.165) is 27.8 Å². The predicted octanol–water partition coefficient (Wildman–Crippen LogP) is 3.93. The van der Waals surface area contributed by atoms with E-state index < -0.39 is 0 Å². The van der Waals surface area contributed by atoms with Crippen LogP contribution < -0.4 is 4.74 Å². The Bertz CT molecular complexity index is 385. The van der Waals surface area contributed by atoms with Crippen LogP contribution in [-0.2, 0) is 15.4 Å². The summed E-state index contributed by atoms with van der Waals surface area (Å²) >= 11 is 9.39. The van der Waals surface area contributed by atoms with Gasteiger partial charge in [0.05, 0.1) is 25.7 Å². The zero-order valence-electron chi connectivity index (χ0n) is 11.4. The van der Waals surface area contributed by atoms with Gasteiger partial charge >= 0.3 is 0 Å². The fraction of sp³-hybridized carbons (Fsp3) is 0.571. The summed E-state index contributed by atoms with van der Waals surface area (Å²) in [6, 6.07) is 4.02. The van der Waals surface area contributed by atoms with Gasteiger partial charge in [-0.25, -0.2) is 0 Å². The zero-order chi connectivity index (χ0) is 14.1. The molecule has 1 aromatic rings. The van der Waals surface area contributed by atoms with Crippen LogP contribution in [0.5, 0.6) is 5.75 Å². The summed E-state index contributed by atoms with van der Waals surface area (Å²) in [4.78, 5) is 0. The first-order valence-corrected chi connectivity index (χ1v) is 7.56. The van der Waals surface area contributed by atoms with Gasteiger partial charge < -0.3 is 14.2 Å². The van der Waals surface area contributed by atoms with Gasteiger partial charge in [0.15, 0.2) is 0 Å². The van der Waals surface area contributed by atoms with Gasteiger partial charge in [-0.1, -0.05) is 15.9 Å². The van der Waals surface area contributed by atoms with Crippen molar-refractivity contribution < 1.29 is 14.2 Å². The van der Waals surface area contributed by atoms with E-state index in [1.165, 1.54) is 0 Å². The number of methoxy groups -OCH3 is 1. The highest BCUT2D eigenvalue weighted by atomic mass is 79.9. The minimum Gasteiger partial charge on any atom is -0.493 e. The molecule has 0 saturated carbocycles. The number of halogens is 2. The summed E-state index contributed by atoms with van der Waals surface area (Å²) in [6.45, 7) is 4.57. The van der Waals surface area contributed by atoms with Crippen LogP contribution in [0.4, 0.5) is 0 Å². The number of hydrogen-bond acceptors (Lipinski definition) is 3. The lowest BCUT2D eigenvalue weighted by Crippen LogP contribution is -2.08. The van der Waals surface area contributed by atoms with Gasteiger partial charge in [0.1, 0.15) is 5.75 Å². The Labute approximate surface area is 128 Å². The van der Waals surface area contributed by atoms with Crippen LogP contribution in [0.25, 0.3) is 0 Å². The molecule has 0 amide bonds. The highest BCUT2D eigenvalue weighted by Crippen LogP contribution is 2.29. The first-order chi connectivity index (χ1) is 9.19. The number of aryl methyl sites for hydroxylation is 1. The quantitative estimate of drug-likeness (QED) is 0.498. The number of benzene rings is 1. The molecule has 108 valence electrons. The maximum atomic E-state index is 5.93. The van der Waals surface area contributed by atoms with Crippen LogP contribution in [0.3, 0.4) is 0 Å². The van der Waals surface area contributed by atoms with Crippen LogP contribution in [0.15, 0.2) is 16.6 Å². The monoisotopic (exact) mass is 350 g/mol. The van der Waals surface area contributed by atoms with Crippen LogP contribution >= 0.6 is 27.5 Å². The van der Waals surface area contributed by atoms with Crippen molar-refractivity contribution in [3.8, 4) is 5.75 Å². The molecular weight excluding hydrogens is 332 g/mol. The predicted molar refractivity (Wildman–Crippen MR) is 81.2 cm³/mol. The maximum Gasteiger partial charge on any atom is 0.126 e. The van der Waals surface area contributed by atoms with E-state index in [1.54, 1.807) is 7.11 Å². The second-order valence-electron chi connectivity index (χ2n) is 4.15. The third kappa shape index (κ3) is 6.13. The smallest absolute Gasteiger partial charge is 0.126 e. The lowest BCUT2D eigenvalue weighted by molar-refractivity contribution is 0.0643. The molecule has 0 aromatic heterocycles. The molecular formula is C14H20BrClO3. The summed E-state index contributed by atoms with van der Waals surface area (Å²) in [5, 5.41) is 0. The van der Waals surface area contributed by atoms with E-state index >= 15 is 0 Å². The largest absolute Gasteiger partial charge is 0.493 e. The van der Waals surface area contributed by atoms with Crippen LogP contribution in [0, 0.1) is 6.92 Å². The average Bonchev–Trinajstić information content (AvgIpc) is 2.39. The second kappa shape index (κ2) is 9.59. The molecule has 19 heavy (non-hydrogen) atoms. The molecule has 0 atom stereocenters. The van der Waals surface area contributed by atoms with Crippen LogP contribution in [0.1, 0.15) is 17.5 Å². The van der Waals surface area contributed by atoms with Crippen molar-refractivity contribution >= 4 is 27.5 Å². The van der Waals surface area contributed by atoms with E-state index in [1.807, 2.05) is 19.1 Å². The Kier molecular flexibility index (Phi) is 8.46. The number of rotatable bonds is 9. The lowest BCUT2D eigenvalue weighted by Gasteiger charge is -2.13. The van der Waals surface area contributed by atoms with Gasteiger partial charge in [-0.05, 0) is 24.6 Å².